The Kier molecular flexibility index (Phi) is 5.97. The predicted molar refractivity (Wildman–Crippen MR) is 80.6 cm³/mol. The fourth-order valence-electron chi connectivity index (χ4n) is 1.87. The van der Waals surface area contributed by atoms with Crippen LogP contribution >= 0.6 is 0 Å². The van der Waals surface area contributed by atoms with Gasteiger partial charge in [0.15, 0.2) is 0 Å². The molecule has 1 rings (SSSR count). The molecule has 108 valence electrons. The van der Waals surface area contributed by atoms with Gasteiger partial charge in [0.1, 0.15) is 0 Å². The van der Waals surface area contributed by atoms with Gasteiger partial charge in [0.25, 0.3) is 0 Å². The topological polar surface area (TPSA) is 66.4 Å². The van der Waals surface area contributed by atoms with Gasteiger partial charge in [0.05, 0.1) is 0 Å². The third kappa shape index (κ3) is 4.88. The Bertz CT molecular complexity index is 520. The summed E-state index contributed by atoms with van der Waals surface area (Å²) in [6.45, 7) is 5.86. The predicted octanol–water partition coefficient (Wildman–Crippen LogP) is 3.47. The van der Waals surface area contributed by atoms with Gasteiger partial charge in [-0.05, 0) is 36.6 Å². The zero-order valence-electron chi connectivity index (χ0n) is 12.1. The van der Waals surface area contributed by atoms with E-state index in [-0.39, 0.29) is 11.8 Å². The summed E-state index contributed by atoms with van der Waals surface area (Å²) >= 11 is 0. The number of aryl methyl sites for hydroxylation is 1. The molecule has 0 aliphatic heterocycles. The number of amides is 1. The number of carboxylic acid groups (broad SMARTS) is 1. The average Bonchev–Trinajstić information content (AvgIpc) is 2.39. The Balaban J connectivity index is 2.86. The number of rotatable bonds is 6. The maximum Gasteiger partial charge on any atom is 0.328 e. The van der Waals surface area contributed by atoms with Gasteiger partial charge in [-0.1, -0.05) is 32.4 Å². The van der Waals surface area contributed by atoms with Crippen molar-refractivity contribution in [3.05, 3.63) is 35.4 Å². The summed E-state index contributed by atoms with van der Waals surface area (Å²) in [6, 6.07) is 5.47. The monoisotopic (exact) mass is 275 g/mol. The summed E-state index contributed by atoms with van der Waals surface area (Å²) in [5.74, 6) is -1.03. The van der Waals surface area contributed by atoms with Crippen LogP contribution in [0.4, 0.5) is 5.69 Å². The zero-order chi connectivity index (χ0) is 15.1. The van der Waals surface area contributed by atoms with Crippen LogP contribution in [-0.4, -0.2) is 17.0 Å². The molecule has 1 aromatic carbocycles. The van der Waals surface area contributed by atoms with E-state index < -0.39 is 5.97 Å². The number of carboxylic acids is 1. The number of carbonyl (C=O) groups is 2. The first-order chi connectivity index (χ1) is 9.43. The second kappa shape index (κ2) is 7.48. The first kappa shape index (κ1) is 16.0. The molecule has 0 saturated carbocycles. The minimum atomic E-state index is -0.993. The molecule has 4 heteroatoms. The molecule has 2 N–H and O–H groups in total. The maximum absolute atomic E-state index is 12.0. The lowest BCUT2D eigenvalue weighted by Crippen LogP contribution is -2.20. The number of carbonyl (C=O) groups excluding carboxylic acids is 1. The molecule has 0 radical (unpaired) electrons. The van der Waals surface area contributed by atoms with E-state index >= 15 is 0 Å². The van der Waals surface area contributed by atoms with Crippen LogP contribution in [0.15, 0.2) is 24.3 Å². The van der Waals surface area contributed by atoms with Crippen LogP contribution in [0, 0.1) is 12.8 Å². The van der Waals surface area contributed by atoms with Crippen LogP contribution in [0.3, 0.4) is 0 Å². The second-order valence-electron chi connectivity index (χ2n) is 4.92. The van der Waals surface area contributed by atoms with E-state index in [1.54, 1.807) is 6.07 Å². The molecule has 20 heavy (non-hydrogen) atoms. The average molecular weight is 275 g/mol. The Morgan fingerprint density at radius 1 is 1.40 bits per heavy atom. The van der Waals surface area contributed by atoms with E-state index in [1.165, 1.54) is 6.08 Å². The zero-order valence-corrected chi connectivity index (χ0v) is 12.1. The fraction of sp³-hybridized carbons (Fsp3) is 0.375. The number of anilines is 1. The molecule has 0 spiro atoms. The Labute approximate surface area is 119 Å². The van der Waals surface area contributed by atoms with Crippen molar-refractivity contribution in [2.24, 2.45) is 5.92 Å². The Morgan fingerprint density at radius 2 is 2.10 bits per heavy atom. The number of nitrogens with one attached hydrogen (secondary N) is 1. The number of hydrogen-bond donors (Lipinski definition) is 2. The highest BCUT2D eigenvalue weighted by Gasteiger charge is 2.12. The molecule has 0 aliphatic carbocycles. The molecule has 0 saturated heterocycles. The lowest BCUT2D eigenvalue weighted by molar-refractivity contribution is -0.131. The van der Waals surface area contributed by atoms with Crippen molar-refractivity contribution in [3.63, 3.8) is 0 Å². The van der Waals surface area contributed by atoms with E-state index in [0.717, 1.165) is 35.7 Å². The molecule has 4 nitrogen and oxygen atoms in total. The first-order valence-electron chi connectivity index (χ1n) is 6.76. The quantitative estimate of drug-likeness (QED) is 0.781. The van der Waals surface area contributed by atoms with E-state index in [4.69, 9.17) is 5.11 Å². The third-order valence-corrected chi connectivity index (χ3v) is 3.11. The van der Waals surface area contributed by atoms with Gasteiger partial charge in [0, 0.05) is 17.7 Å². The molecule has 0 fully saturated rings. The highest BCUT2D eigenvalue weighted by Crippen LogP contribution is 2.19. The fourth-order valence-corrected chi connectivity index (χ4v) is 1.87. The smallest absolute Gasteiger partial charge is 0.328 e. The van der Waals surface area contributed by atoms with Crippen LogP contribution < -0.4 is 5.32 Å². The van der Waals surface area contributed by atoms with Crippen molar-refractivity contribution in [1.82, 2.24) is 0 Å². The summed E-state index contributed by atoms with van der Waals surface area (Å²) < 4.78 is 0. The number of hydrogen-bond acceptors (Lipinski definition) is 2. The lowest BCUT2D eigenvalue weighted by Gasteiger charge is -2.13. The molecular formula is C16H21NO3. The molecule has 0 aromatic heterocycles. The molecule has 1 atom stereocenters. The van der Waals surface area contributed by atoms with Gasteiger partial charge >= 0.3 is 5.97 Å². The normalized spacial score (nSPS) is 12.3. The molecular weight excluding hydrogens is 254 g/mol. The van der Waals surface area contributed by atoms with Crippen LogP contribution in [-0.2, 0) is 9.59 Å². The van der Waals surface area contributed by atoms with E-state index in [9.17, 15) is 9.59 Å². The van der Waals surface area contributed by atoms with Crippen LogP contribution in [0.1, 0.15) is 37.8 Å². The van der Waals surface area contributed by atoms with Crippen molar-refractivity contribution >= 4 is 23.6 Å². The summed E-state index contributed by atoms with van der Waals surface area (Å²) in [5.41, 5.74) is 2.43. The van der Waals surface area contributed by atoms with Gasteiger partial charge in [-0.2, -0.15) is 0 Å². The number of benzene rings is 1. The minimum absolute atomic E-state index is 0.00526. The summed E-state index contributed by atoms with van der Waals surface area (Å²) in [4.78, 5) is 22.5. The standard InChI is InChI=1S/C16H21NO3/c1-4-5-12(3)16(20)17-14-10-13(7-6-11(14)2)8-9-15(18)19/h6-10,12H,4-5H2,1-3H3,(H,17,20)(H,18,19). The molecule has 0 heterocycles. The Morgan fingerprint density at radius 3 is 2.70 bits per heavy atom. The molecule has 1 unspecified atom stereocenters. The first-order valence-corrected chi connectivity index (χ1v) is 6.76. The summed E-state index contributed by atoms with van der Waals surface area (Å²) in [6.07, 6.45) is 4.40. The van der Waals surface area contributed by atoms with Crippen LogP contribution in [0.2, 0.25) is 0 Å². The van der Waals surface area contributed by atoms with Gasteiger partial charge in [0.2, 0.25) is 5.91 Å². The van der Waals surface area contributed by atoms with E-state index in [0.29, 0.717) is 0 Å². The van der Waals surface area contributed by atoms with Crippen LogP contribution in [0.25, 0.3) is 6.08 Å². The third-order valence-electron chi connectivity index (χ3n) is 3.11. The van der Waals surface area contributed by atoms with Gasteiger partial charge in [-0.3, -0.25) is 4.79 Å². The second-order valence-corrected chi connectivity index (χ2v) is 4.92. The SMILES string of the molecule is CCCC(C)C(=O)Nc1cc(C=CC(=O)O)ccc1C. The highest BCUT2D eigenvalue weighted by atomic mass is 16.4. The summed E-state index contributed by atoms with van der Waals surface area (Å²) in [7, 11) is 0. The van der Waals surface area contributed by atoms with Crippen molar-refractivity contribution in [3.8, 4) is 0 Å². The van der Waals surface area contributed by atoms with E-state index in [2.05, 4.69) is 5.32 Å². The van der Waals surface area contributed by atoms with Crippen molar-refractivity contribution < 1.29 is 14.7 Å². The Hall–Kier alpha value is -2.10. The van der Waals surface area contributed by atoms with Gasteiger partial charge in [-0.15, -0.1) is 0 Å². The number of aliphatic carboxylic acids is 1. The molecule has 1 amide bonds. The highest BCUT2D eigenvalue weighted by molar-refractivity contribution is 5.93. The van der Waals surface area contributed by atoms with Gasteiger partial charge in [-0.25, -0.2) is 4.79 Å². The largest absolute Gasteiger partial charge is 0.478 e. The van der Waals surface area contributed by atoms with E-state index in [1.807, 2.05) is 32.9 Å². The van der Waals surface area contributed by atoms with Crippen molar-refractivity contribution in [2.75, 3.05) is 5.32 Å². The lowest BCUT2D eigenvalue weighted by atomic mass is 10.0. The van der Waals surface area contributed by atoms with Gasteiger partial charge < -0.3 is 10.4 Å². The minimum Gasteiger partial charge on any atom is -0.478 e. The summed E-state index contributed by atoms with van der Waals surface area (Å²) in [5, 5.41) is 11.5. The van der Waals surface area contributed by atoms with Crippen molar-refractivity contribution in [2.45, 2.75) is 33.6 Å². The molecule has 0 bridgehead atoms. The molecule has 0 aliphatic rings. The maximum atomic E-state index is 12.0. The molecule has 1 aromatic rings. The van der Waals surface area contributed by atoms with Crippen LogP contribution in [0.5, 0.6) is 0 Å². The van der Waals surface area contributed by atoms with Crippen molar-refractivity contribution in [1.29, 1.82) is 0 Å².